The minimum absolute atomic E-state index is 0.324. The zero-order valence-corrected chi connectivity index (χ0v) is 13.1. The third kappa shape index (κ3) is 3.27. The van der Waals surface area contributed by atoms with Crippen molar-refractivity contribution >= 4 is 34.8 Å². The highest BCUT2D eigenvalue weighted by atomic mass is 32.2. The van der Waals surface area contributed by atoms with Crippen LogP contribution in [0.5, 0.6) is 0 Å². The van der Waals surface area contributed by atoms with Gasteiger partial charge in [-0.15, -0.1) is 11.8 Å². The van der Waals surface area contributed by atoms with Crippen LogP contribution >= 0.6 is 24.0 Å². The lowest BCUT2D eigenvalue weighted by Crippen LogP contribution is -2.43. The fourth-order valence-corrected chi connectivity index (χ4v) is 3.91. The molecule has 1 fully saturated rings. The molecule has 108 valence electrons. The number of benzene rings is 1. The molecule has 0 amide bonds. The molecule has 3 rings (SSSR count). The number of thioether (sulfide) groups is 1. The predicted octanol–water partition coefficient (Wildman–Crippen LogP) is 3.04. The van der Waals surface area contributed by atoms with E-state index in [1.807, 2.05) is 11.8 Å². The van der Waals surface area contributed by atoms with E-state index in [1.54, 1.807) is 0 Å². The van der Waals surface area contributed by atoms with Crippen LogP contribution in [0.3, 0.4) is 0 Å². The highest BCUT2D eigenvalue weighted by Gasteiger charge is 2.20. The second kappa shape index (κ2) is 6.78. The molecule has 2 heterocycles. The summed E-state index contributed by atoms with van der Waals surface area (Å²) >= 11 is 7.52. The lowest BCUT2D eigenvalue weighted by molar-refractivity contribution is 0.114. The van der Waals surface area contributed by atoms with Crippen molar-refractivity contribution in [2.24, 2.45) is 0 Å². The first-order chi connectivity index (χ1) is 9.84. The Hall–Kier alpha value is -0.780. The number of rotatable bonds is 2. The summed E-state index contributed by atoms with van der Waals surface area (Å²) in [5, 5.41) is 4.22. The zero-order valence-electron chi connectivity index (χ0n) is 11.5. The number of fused-ring (bicyclic) bond motifs is 1. The van der Waals surface area contributed by atoms with Crippen molar-refractivity contribution in [3.63, 3.8) is 0 Å². The first kappa shape index (κ1) is 14.2. The summed E-state index contributed by atoms with van der Waals surface area (Å²) in [5.41, 5.74) is 1.24. The first-order valence-electron chi connectivity index (χ1n) is 7.23. The van der Waals surface area contributed by atoms with E-state index < -0.39 is 0 Å². The molecule has 0 bridgehead atoms. The molecule has 5 heteroatoms. The van der Waals surface area contributed by atoms with Gasteiger partial charge in [-0.3, -0.25) is 0 Å². The van der Waals surface area contributed by atoms with Crippen molar-refractivity contribution in [3.05, 3.63) is 24.3 Å². The largest absolute Gasteiger partial charge is 0.376 e. The number of ether oxygens (including phenoxy) is 1. The van der Waals surface area contributed by atoms with Gasteiger partial charge in [-0.1, -0.05) is 12.1 Å². The van der Waals surface area contributed by atoms with Gasteiger partial charge in [0.2, 0.25) is 0 Å². The number of thiocarbonyl (C=S) groups is 1. The normalized spacial score (nSPS) is 22.2. The summed E-state index contributed by atoms with van der Waals surface area (Å²) in [4.78, 5) is 3.56. The van der Waals surface area contributed by atoms with Gasteiger partial charge in [0.1, 0.15) is 0 Å². The second-order valence-electron chi connectivity index (χ2n) is 5.14. The topological polar surface area (TPSA) is 24.5 Å². The highest BCUT2D eigenvalue weighted by molar-refractivity contribution is 7.99. The van der Waals surface area contributed by atoms with Crippen molar-refractivity contribution in [1.82, 2.24) is 5.32 Å². The average Bonchev–Trinajstić information content (AvgIpc) is 2.90. The number of nitrogens with zero attached hydrogens (tertiary/aromatic N) is 1. The zero-order chi connectivity index (χ0) is 13.8. The minimum Gasteiger partial charge on any atom is -0.376 e. The molecule has 0 radical (unpaired) electrons. The van der Waals surface area contributed by atoms with Gasteiger partial charge in [0.25, 0.3) is 0 Å². The molecule has 20 heavy (non-hydrogen) atoms. The van der Waals surface area contributed by atoms with Crippen LogP contribution in [0.25, 0.3) is 0 Å². The third-order valence-electron chi connectivity index (χ3n) is 3.69. The Morgan fingerprint density at radius 1 is 1.40 bits per heavy atom. The molecule has 1 saturated heterocycles. The molecule has 0 aromatic heterocycles. The van der Waals surface area contributed by atoms with Gasteiger partial charge in [0.15, 0.2) is 5.11 Å². The molecule has 1 aromatic carbocycles. The lowest BCUT2D eigenvalue weighted by Gasteiger charge is -2.26. The van der Waals surface area contributed by atoms with E-state index in [2.05, 4.69) is 34.5 Å². The Labute approximate surface area is 130 Å². The Bertz CT molecular complexity index is 475. The molecule has 2 aliphatic rings. The van der Waals surface area contributed by atoms with Crippen LogP contribution in [0.15, 0.2) is 29.2 Å². The van der Waals surface area contributed by atoms with E-state index in [-0.39, 0.29) is 0 Å². The van der Waals surface area contributed by atoms with Crippen LogP contribution in [0.2, 0.25) is 0 Å². The van der Waals surface area contributed by atoms with Crippen LogP contribution in [0.1, 0.15) is 19.3 Å². The standard InChI is InChI=1S/C15H20N2OS2/c19-15(16-11-12-5-3-9-18-12)17-8-4-10-20-14-7-2-1-6-13(14)17/h1-2,6-7,12H,3-5,8-11H2,(H,16,19)/t12-/m1/s1. The number of hydrogen-bond donors (Lipinski definition) is 1. The number of nitrogens with one attached hydrogen (secondary N) is 1. The van der Waals surface area contributed by atoms with E-state index in [4.69, 9.17) is 17.0 Å². The average molecular weight is 308 g/mol. The van der Waals surface area contributed by atoms with Crippen LogP contribution in [0, 0.1) is 0 Å². The van der Waals surface area contributed by atoms with Gasteiger partial charge in [-0.25, -0.2) is 0 Å². The molecule has 0 aliphatic carbocycles. The van der Waals surface area contributed by atoms with Crippen LogP contribution in [-0.2, 0) is 4.74 Å². The van der Waals surface area contributed by atoms with E-state index in [0.717, 1.165) is 43.4 Å². The fourth-order valence-electron chi connectivity index (χ4n) is 2.64. The molecule has 0 spiro atoms. The van der Waals surface area contributed by atoms with Crippen molar-refractivity contribution < 1.29 is 4.74 Å². The van der Waals surface area contributed by atoms with E-state index in [9.17, 15) is 0 Å². The van der Waals surface area contributed by atoms with Crippen LogP contribution in [-0.4, -0.2) is 36.7 Å². The van der Waals surface area contributed by atoms with Crippen molar-refractivity contribution in [1.29, 1.82) is 0 Å². The maximum absolute atomic E-state index is 5.64. The fraction of sp³-hybridized carbons (Fsp3) is 0.533. The molecule has 2 aliphatic heterocycles. The van der Waals surface area contributed by atoms with Gasteiger partial charge in [-0.05, 0) is 49.4 Å². The van der Waals surface area contributed by atoms with Gasteiger partial charge in [0, 0.05) is 24.6 Å². The van der Waals surface area contributed by atoms with Crippen molar-refractivity contribution in [2.75, 3.05) is 30.3 Å². The summed E-state index contributed by atoms with van der Waals surface area (Å²) in [6, 6.07) is 8.52. The first-order valence-corrected chi connectivity index (χ1v) is 8.63. The Morgan fingerprint density at radius 3 is 3.15 bits per heavy atom. The van der Waals surface area contributed by atoms with Crippen LogP contribution in [0.4, 0.5) is 5.69 Å². The minimum atomic E-state index is 0.324. The van der Waals surface area contributed by atoms with Crippen molar-refractivity contribution in [3.8, 4) is 0 Å². The summed E-state index contributed by atoms with van der Waals surface area (Å²) < 4.78 is 5.64. The quantitative estimate of drug-likeness (QED) is 0.847. The summed E-state index contributed by atoms with van der Waals surface area (Å²) in [6.45, 7) is 2.70. The number of hydrogen-bond acceptors (Lipinski definition) is 3. The molecule has 1 atom stereocenters. The third-order valence-corrected chi connectivity index (χ3v) is 5.20. The summed E-state index contributed by atoms with van der Waals surface area (Å²) in [7, 11) is 0. The number of anilines is 1. The summed E-state index contributed by atoms with van der Waals surface area (Å²) in [5.74, 6) is 1.15. The number of para-hydroxylation sites is 1. The van der Waals surface area contributed by atoms with Gasteiger partial charge >= 0.3 is 0 Å². The maximum Gasteiger partial charge on any atom is 0.173 e. The molecule has 1 aromatic rings. The van der Waals surface area contributed by atoms with E-state index >= 15 is 0 Å². The Kier molecular flexibility index (Phi) is 4.81. The van der Waals surface area contributed by atoms with Gasteiger partial charge in [-0.2, -0.15) is 0 Å². The van der Waals surface area contributed by atoms with Crippen molar-refractivity contribution in [2.45, 2.75) is 30.3 Å². The molecular formula is C15H20N2OS2. The van der Waals surface area contributed by atoms with Crippen LogP contribution < -0.4 is 10.2 Å². The molecule has 1 N–H and O–H groups in total. The Balaban J connectivity index is 1.67. The summed E-state index contributed by atoms with van der Waals surface area (Å²) in [6.07, 6.45) is 3.79. The van der Waals surface area contributed by atoms with Gasteiger partial charge < -0.3 is 15.0 Å². The molecular weight excluding hydrogens is 288 g/mol. The predicted molar refractivity (Wildman–Crippen MR) is 88.7 cm³/mol. The maximum atomic E-state index is 5.64. The Morgan fingerprint density at radius 2 is 2.30 bits per heavy atom. The van der Waals surface area contributed by atoms with E-state index in [1.165, 1.54) is 17.0 Å². The smallest absolute Gasteiger partial charge is 0.173 e. The highest BCUT2D eigenvalue weighted by Crippen LogP contribution is 2.33. The lowest BCUT2D eigenvalue weighted by atomic mass is 10.2. The molecule has 0 saturated carbocycles. The monoisotopic (exact) mass is 308 g/mol. The molecule has 3 nitrogen and oxygen atoms in total. The second-order valence-corrected chi connectivity index (χ2v) is 6.67. The van der Waals surface area contributed by atoms with E-state index in [0.29, 0.717) is 6.10 Å². The molecule has 0 unspecified atom stereocenters. The SMILES string of the molecule is S=C(NC[C@H]1CCCO1)N1CCCSc2ccccc21. The van der Waals surface area contributed by atoms with Gasteiger partial charge in [0.05, 0.1) is 11.8 Å².